The van der Waals surface area contributed by atoms with Gasteiger partial charge < -0.3 is 9.42 Å². The van der Waals surface area contributed by atoms with Crippen LogP contribution in [0.15, 0.2) is 0 Å². The molecule has 2 unspecified atom stereocenters. The molecule has 0 aliphatic carbocycles. The summed E-state index contributed by atoms with van der Waals surface area (Å²) in [4.78, 5) is 9.31. The van der Waals surface area contributed by atoms with Crippen LogP contribution >= 0.6 is 7.60 Å². The average molecular weight is 204 g/mol. The lowest BCUT2D eigenvalue weighted by Gasteiger charge is -2.15. The molecule has 0 amide bonds. The highest BCUT2D eigenvalue weighted by Crippen LogP contribution is 2.44. The first-order valence-electron chi connectivity index (χ1n) is 4.45. The van der Waals surface area contributed by atoms with E-state index < -0.39 is 7.60 Å². The molecule has 3 nitrogen and oxygen atoms in total. The van der Waals surface area contributed by atoms with Crippen LogP contribution in [0.4, 0.5) is 0 Å². The maximum Gasteiger partial charge on any atom is 0.328 e. The molecule has 0 aromatic heterocycles. The zero-order valence-corrected chi connectivity index (χ0v) is 9.09. The summed E-state index contributed by atoms with van der Waals surface area (Å²) in [5.74, 6) is 2.42. The van der Waals surface area contributed by atoms with Crippen molar-refractivity contribution in [3.63, 3.8) is 0 Å². The molecule has 76 valence electrons. The largest absolute Gasteiger partial charge is 0.328 e. The van der Waals surface area contributed by atoms with E-state index in [1.54, 1.807) is 6.92 Å². The van der Waals surface area contributed by atoms with E-state index in [9.17, 15) is 9.46 Å². The predicted molar refractivity (Wildman–Crippen MR) is 53.6 cm³/mol. The van der Waals surface area contributed by atoms with Crippen LogP contribution in [-0.4, -0.2) is 17.2 Å². The minimum Gasteiger partial charge on any atom is -0.324 e. The number of rotatable bonds is 6. The van der Waals surface area contributed by atoms with Crippen LogP contribution in [0.2, 0.25) is 0 Å². The summed E-state index contributed by atoms with van der Waals surface area (Å²) in [7, 11) is -3.39. The Bertz CT molecular complexity index is 219. The molecule has 0 radical (unpaired) electrons. The fraction of sp³-hybridized carbons (Fsp3) is 0.778. The van der Waals surface area contributed by atoms with Gasteiger partial charge in [0.25, 0.3) is 0 Å². The smallest absolute Gasteiger partial charge is 0.324 e. The zero-order valence-electron chi connectivity index (χ0n) is 8.19. The van der Waals surface area contributed by atoms with Gasteiger partial charge in [-0.3, -0.25) is 4.57 Å². The van der Waals surface area contributed by atoms with E-state index >= 15 is 0 Å². The number of unbranched alkanes of at least 4 members (excludes halogenated alkanes) is 1. The molecule has 0 aromatic carbocycles. The van der Waals surface area contributed by atoms with Crippen molar-refractivity contribution in [3.8, 4) is 12.3 Å². The summed E-state index contributed by atoms with van der Waals surface area (Å²) in [5.41, 5.74) is 0. The molecule has 4 heteroatoms. The highest BCUT2D eigenvalue weighted by molar-refractivity contribution is 7.52. The molecule has 0 saturated carbocycles. The van der Waals surface area contributed by atoms with Crippen LogP contribution in [-0.2, 0) is 9.09 Å². The maximum atomic E-state index is 11.3. The van der Waals surface area contributed by atoms with Gasteiger partial charge in [-0.1, -0.05) is 6.92 Å². The van der Waals surface area contributed by atoms with Crippen molar-refractivity contribution in [2.24, 2.45) is 0 Å². The maximum absolute atomic E-state index is 11.3. The van der Waals surface area contributed by atoms with Crippen molar-refractivity contribution in [2.75, 3.05) is 6.16 Å². The Morgan fingerprint density at radius 2 is 2.31 bits per heavy atom. The summed E-state index contributed by atoms with van der Waals surface area (Å²) in [6, 6.07) is 0. The van der Waals surface area contributed by atoms with Gasteiger partial charge in [0.15, 0.2) is 0 Å². The van der Waals surface area contributed by atoms with Gasteiger partial charge in [-0.25, -0.2) is 0 Å². The second kappa shape index (κ2) is 6.21. The van der Waals surface area contributed by atoms with Crippen molar-refractivity contribution in [1.29, 1.82) is 0 Å². The van der Waals surface area contributed by atoms with Gasteiger partial charge in [-0.2, -0.15) is 0 Å². The molecule has 0 aliphatic rings. The van der Waals surface area contributed by atoms with E-state index in [-0.39, 0.29) is 12.3 Å². The zero-order chi connectivity index (χ0) is 10.3. The second-order valence-corrected chi connectivity index (χ2v) is 4.93. The lowest BCUT2D eigenvalue weighted by Crippen LogP contribution is -2.06. The van der Waals surface area contributed by atoms with E-state index in [1.165, 1.54) is 0 Å². The molecule has 0 heterocycles. The monoisotopic (exact) mass is 204 g/mol. The Morgan fingerprint density at radius 3 is 2.77 bits per heavy atom. The van der Waals surface area contributed by atoms with Crippen LogP contribution in [0.3, 0.4) is 0 Å². The molecule has 0 rings (SSSR count). The van der Waals surface area contributed by atoms with Crippen LogP contribution in [0.25, 0.3) is 0 Å². The second-order valence-electron chi connectivity index (χ2n) is 2.99. The van der Waals surface area contributed by atoms with Gasteiger partial charge >= 0.3 is 7.60 Å². The fourth-order valence-electron chi connectivity index (χ4n) is 0.789. The first-order valence-corrected chi connectivity index (χ1v) is 6.21. The van der Waals surface area contributed by atoms with Gasteiger partial charge in [-0.15, -0.1) is 12.3 Å². The third-order valence-electron chi connectivity index (χ3n) is 1.68. The molecule has 13 heavy (non-hydrogen) atoms. The van der Waals surface area contributed by atoms with E-state index in [4.69, 9.17) is 10.9 Å². The van der Waals surface area contributed by atoms with Gasteiger partial charge in [0.1, 0.15) is 0 Å². The summed E-state index contributed by atoms with van der Waals surface area (Å²) in [6.45, 7) is 3.69. The predicted octanol–water partition coefficient (Wildman–Crippen LogP) is 2.40. The van der Waals surface area contributed by atoms with E-state index in [1.807, 2.05) is 6.92 Å². The van der Waals surface area contributed by atoms with Crippen molar-refractivity contribution < 1.29 is 14.0 Å². The van der Waals surface area contributed by atoms with Gasteiger partial charge in [-0.05, 0) is 19.8 Å². The standard InChI is InChI=1S/C9H17O3P/c1-4-6-7-8-13(10,11)12-9(3)5-2/h1,9H,5-8H2,2-3H3,(H,10,11). The third kappa shape index (κ3) is 6.83. The molecule has 0 aliphatic heterocycles. The fourth-order valence-corrected chi connectivity index (χ4v) is 2.16. The van der Waals surface area contributed by atoms with E-state index in [0.29, 0.717) is 12.8 Å². The first kappa shape index (κ1) is 12.7. The Hall–Kier alpha value is -0.290. The van der Waals surface area contributed by atoms with E-state index in [0.717, 1.165) is 6.42 Å². The molecule has 0 bridgehead atoms. The first-order chi connectivity index (χ1) is 6.02. The van der Waals surface area contributed by atoms with E-state index in [2.05, 4.69) is 5.92 Å². The van der Waals surface area contributed by atoms with Crippen LogP contribution in [0.5, 0.6) is 0 Å². The summed E-state index contributed by atoms with van der Waals surface area (Å²) in [5, 5.41) is 0. The highest BCUT2D eigenvalue weighted by atomic mass is 31.2. The Morgan fingerprint density at radius 1 is 1.69 bits per heavy atom. The summed E-state index contributed by atoms with van der Waals surface area (Å²) in [6.07, 6.45) is 6.81. The van der Waals surface area contributed by atoms with Gasteiger partial charge in [0, 0.05) is 6.42 Å². The molecular weight excluding hydrogens is 187 g/mol. The van der Waals surface area contributed by atoms with Crippen LogP contribution in [0.1, 0.15) is 33.1 Å². The minimum atomic E-state index is -3.39. The SMILES string of the molecule is C#CCCCP(=O)(O)OC(C)CC. The summed E-state index contributed by atoms with van der Waals surface area (Å²) < 4.78 is 16.3. The Labute approximate surface area is 80.0 Å². The molecule has 0 saturated heterocycles. The lowest BCUT2D eigenvalue weighted by molar-refractivity contribution is 0.185. The summed E-state index contributed by atoms with van der Waals surface area (Å²) >= 11 is 0. The molecule has 0 fully saturated rings. The molecule has 1 N–H and O–H groups in total. The third-order valence-corrected chi connectivity index (χ3v) is 3.25. The van der Waals surface area contributed by atoms with Crippen LogP contribution < -0.4 is 0 Å². The Balaban J connectivity index is 3.81. The minimum absolute atomic E-state index is 0.154. The number of terminal acetylenes is 1. The van der Waals surface area contributed by atoms with Gasteiger partial charge in [0.05, 0.1) is 12.3 Å². The molecule has 0 aromatic rings. The Kier molecular flexibility index (Phi) is 6.07. The van der Waals surface area contributed by atoms with Crippen LogP contribution in [0, 0.1) is 12.3 Å². The van der Waals surface area contributed by atoms with Gasteiger partial charge in [0.2, 0.25) is 0 Å². The van der Waals surface area contributed by atoms with Crippen molar-refractivity contribution in [3.05, 3.63) is 0 Å². The molecular formula is C9H17O3P. The highest BCUT2D eigenvalue weighted by Gasteiger charge is 2.20. The normalized spacial score (nSPS) is 17.4. The lowest BCUT2D eigenvalue weighted by atomic mass is 10.3. The quantitative estimate of drug-likeness (QED) is 0.410. The topological polar surface area (TPSA) is 46.5 Å². The van der Waals surface area contributed by atoms with Crippen molar-refractivity contribution in [2.45, 2.75) is 39.2 Å². The number of hydrogen-bond acceptors (Lipinski definition) is 2. The molecule has 2 atom stereocenters. The average Bonchev–Trinajstić information content (AvgIpc) is 2.03. The van der Waals surface area contributed by atoms with Crippen molar-refractivity contribution >= 4 is 7.60 Å². The number of hydrogen-bond donors (Lipinski definition) is 1. The van der Waals surface area contributed by atoms with Crippen molar-refractivity contribution in [1.82, 2.24) is 0 Å². The molecule has 0 spiro atoms.